The predicted molar refractivity (Wildman–Crippen MR) is 77.6 cm³/mol. The van der Waals surface area contributed by atoms with E-state index in [2.05, 4.69) is 15.6 Å². The molecular formula is C15H14FN3O2. The third-order valence-corrected chi connectivity index (χ3v) is 2.70. The maximum Gasteiger partial charge on any atom is 0.256 e. The van der Waals surface area contributed by atoms with Gasteiger partial charge in [0.05, 0.1) is 5.69 Å². The topological polar surface area (TPSA) is 71.1 Å². The minimum atomic E-state index is -0.601. The number of benzene rings is 1. The maximum atomic E-state index is 13.5. The SMILES string of the molecule is CC(=O)Nc1cc(C(=O)Nc2cc(C)ccn2)ccc1F. The molecule has 0 aliphatic rings. The van der Waals surface area contributed by atoms with Crippen LogP contribution in [0.5, 0.6) is 0 Å². The van der Waals surface area contributed by atoms with Gasteiger partial charge in [0.25, 0.3) is 5.91 Å². The van der Waals surface area contributed by atoms with E-state index >= 15 is 0 Å². The highest BCUT2D eigenvalue weighted by Crippen LogP contribution is 2.17. The summed E-state index contributed by atoms with van der Waals surface area (Å²) in [5, 5.41) is 4.95. The Balaban J connectivity index is 2.21. The molecule has 0 aliphatic carbocycles. The highest BCUT2D eigenvalue weighted by atomic mass is 19.1. The molecule has 0 saturated carbocycles. The highest BCUT2D eigenvalue weighted by Gasteiger charge is 2.11. The number of aromatic nitrogens is 1. The summed E-state index contributed by atoms with van der Waals surface area (Å²) in [6.45, 7) is 3.15. The normalized spacial score (nSPS) is 10.0. The van der Waals surface area contributed by atoms with Crippen molar-refractivity contribution in [2.75, 3.05) is 10.6 Å². The van der Waals surface area contributed by atoms with Crippen LogP contribution in [0.1, 0.15) is 22.8 Å². The fourth-order valence-corrected chi connectivity index (χ4v) is 1.74. The first-order valence-electron chi connectivity index (χ1n) is 6.27. The summed E-state index contributed by atoms with van der Waals surface area (Å²) in [6, 6.07) is 7.27. The number of pyridine rings is 1. The lowest BCUT2D eigenvalue weighted by molar-refractivity contribution is -0.114. The largest absolute Gasteiger partial charge is 0.324 e. The summed E-state index contributed by atoms with van der Waals surface area (Å²) in [5.74, 6) is -1.03. The number of amides is 2. The Morgan fingerprint density at radius 2 is 1.90 bits per heavy atom. The molecule has 0 fully saturated rings. The first-order chi connectivity index (χ1) is 9.95. The van der Waals surface area contributed by atoms with Gasteiger partial charge in [-0.15, -0.1) is 0 Å². The number of hydrogen-bond donors (Lipinski definition) is 2. The van der Waals surface area contributed by atoms with Crippen molar-refractivity contribution in [2.45, 2.75) is 13.8 Å². The summed E-state index contributed by atoms with van der Waals surface area (Å²) in [7, 11) is 0. The van der Waals surface area contributed by atoms with Gasteiger partial charge in [0.2, 0.25) is 5.91 Å². The summed E-state index contributed by atoms with van der Waals surface area (Å²) in [5.41, 5.74) is 1.15. The zero-order valence-electron chi connectivity index (χ0n) is 11.6. The molecule has 1 aromatic carbocycles. The monoisotopic (exact) mass is 287 g/mol. The van der Waals surface area contributed by atoms with Crippen molar-refractivity contribution >= 4 is 23.3 Å². The number of rotatable bonds is 3. The number of anilines is 2. The molecule has 108 valence electrons. The van der Waals surface area contributed by atoms with E-state index < -0.39 is 17.6 Å². The molecule has 0 aliphatic heterocycles. The third-order valence-electron chi connectivity index (χ3n) is 2.70. The van der Waals surface area contributed by atoms with Gasteiger partial charge in [-0.2, -0.15) is 0 Å². The second-order valence-electron chi connectivity index (χ2n) is 4.55. The lowest BCUT2D eigenvalue weighted by Gasteiger charge is -2.08. The number of nitrogens with zero attached hydrogens (tertiary/aromatic N) is 1. The van der Waals surface area contributed by atoms with Crippen LogP contribution in [0.2, 0.25) is 0 Å². The van der Waals surface area contributed by atoms with Gasteiger partial charge < -0.3 is 10.6 Å². The van der Waals surface area contributed by atoms with E-state index in [4.69, 9.17) is 0 Å². The molecule has 21 heavy (non-hydrogen) atoms. The molecule has 6 heteroatoms. The van der Waals surface area contributed by atoms with E-state index in [9.17, 15) is 14.0 Å². The molecule has 0 bridgehead atoms. The highest BCUT2D eigenvalue weighted by molar-refractivity contribution is 6.04. The fraction of sp³-hybridized carbons (Fsp3) is 0.133. The second-order valence-corrected chi connectivity index (χ2v) is 4.55. The van der Waals surface area contributed by atoms with Crippen LogP contribution < -0.4 is 10.6 Å². The molecule has 2 rings (SSSR count). The van der Waals surface area contributed by atoms with Crippen LogP contribution in [0.3, 0.4) is 0 Å². The molecule has 1 heterocycles. The van der Waals surface area contributed by atoms with Crippen LogP contribution in [-0.2, 0) is 4.79 Å². The van der Waals surface area contributed by atoms with Crippen LogP contribution in [0.15, 0.2) is 36.5 Å². The summed E-state index contributed by atoms with van der Waals surface area (Å²) in [4.78, 5) is 27.1. The zero-order chi connectivity index (χ0) is 15.4. The van der Waals surface area contributed by atoms with Gasteiger partial charge in [-0.3, -0.25) is 9.59 Å². The Morgan fingerprint density at radius 1 is 1.14 bits per heavy atom. The van der Waals surface area contributed by atoms with Crippen LogP contribution in [0.25, 0.3) is 0 Å². The fourth-order valence-electron chi connectivity index (χ4n) is 1.74. The molecule has 0 saturated heterocycles. The summed E-state index contributed by atoms with van der Waals surface area (Å²) >= 11 is 0. The van der Waals surface area contributed by atoms with E-state index in [1.165, 1.54) is 19.1 Å². The minimum absolute atomic E-state index is 0.0349. The molecule has 2 aromatic rings. The van der Waals surface area contributed by atoms with E-state index in [1.807, 2.05) is 13.0 Å². The molecule has 1 aromatic heterocycles. The van der Waals surface area contributed by atoms with Gasteiger partial charge in [0.1, 0.15) is 11.6 Å². The molecule has 2 amide bonds. The molecule has 2 N–H and O–H groups in total. The van der Waals surface area contributed by atoms with Gasteiger partial charge in [-0.25, -0.2) is 9.37 Å². The van der Waals surface area contributed by atoms with Crippen molar-refractivity contribution in [3.05, 3.63) is 53.5 Å². The van der Waals surface area contributed by atoms with Gasteiger partial charge in [0, 0.05) is 18.7 Å². The van der Waals surface area contributed by atoms with Gasteiger partial charge >= 0.3 is 0 Å². The van der Waals surface area contributed by atoms with Crippen molar-refractivity contribution in [1.82, 2.24) is 4.98 Å². The van der Waals surface area contributed by atoms with E-state index in [-0.39, 0.29) is 11.3 Å². The Hall–Kier alpha value is -2.76. The third kappa shape index (κ3) is 3.85. The van der Waals surface area contributed by atoms with Crippen LogP contribution >= 0.6 is 0 Å². The molecule has 0 radical (unpaired) electrons. The number of aryl methyl sites for hydroxylation is 1. The Morgan fingerprint density at radius 3 is 2.57 bits per heavy atom. The number of carbonyl (C=O) groups is 2. The van der Waals surface area contributed by atoms with Gasteiger partial charge in [-0.05, 0) is 42.8 Å². The summed E-state index contributed by atoms with van der Waals surface area (Å²) in [6.07, 6.45) is 1.58. The van der Waals surface area contributed by atoms with Crippen LogP contribution in [-0.4, -0.2) is 16.8 Å². The predicted octanol–water partition coefficient (Wildman–Crippen LogP) is 2.74. The second kappa shape index (κ2) is 6.13. The van der Waals surface area contributed by atoms with E-state index in [0.717, 1.165) is 11.6 Å². The van der Waals surface area contributed by atoms with Crippen molar-refractivity contribution < 1.29 is 14.0 Å². The Kier molecular flexibility index (Phi) is 4.27. The van der Waals surface area contributed by atoms with Crippen molar-refractivity contribution in [1.29, 1.82) is 0 Å². The number of halogens is 1. The Bertz CT molecular complexity index is 701. The van der Waals surface area contributed by atoms with Gasteiger partial charge in [0.15, 0.2) is 0 Å². The van der Waals surface area contributed by atoms with Crippen molar-refractivity contribution in [3.8, 4) is 0 Å². The molecule has 5 nitrogen and oxygen atoms in total. The molecular weight excluding hydrogens is 273 g/mol. The average molecular weight is 287 g/mol. The van der Waals surface area contributed by atoms with Crippen LogP contribution in [0, 0.1) is 12.7 Å². The molecule has 0 unspecified atom stereocenters. The first kappa shape index (κ1) is 14.6. The minimum Gasteiger partial charge on any atom is -0.324 e. The first-order valence-corrected chi connectivity index (χ1v) is 6.27. The standard InChI is InChI=1S/C15H14FN3O2/c1-9-5-6-17-14(7-9)19-15(21)11-3-4-12(16)13(8-11)18-10(2)20/h3-8H,1-2H3,(H,18,20)(H,17,19,21). The molecule has 0 atom stereocenters. The maximum absolute atomic E-state index is 13.5. The molecule has 0 spiro atoms. The van der Waals surface area contributed by atoms with Gasteiger partial charge in [-0.1, -0.05) is 0 Å². The van der Waals surface area contributed by atoms with Crippen LogP contribution in [0.4, 0.5) is 15.9 Å². The zero-order valence-corrected chi connectivity index (χ0v) is 11.6. The lowest BCUT2D eigenvalue weighted by atomic mass is 10.1. The smallest absolute Gasteiger partial charge is 0.256 e. The lowest BCUT2D eigenvalue weighted by Crippen LogP contribution is -2.14. The van der Waals surface area contributed by atoms with Crippen molar-refractivity contribution in [2.24, 2.45) is 0 Å². The Labute approximate surface area is 121 Å². The van der Waals surface area contributed by atoms with Crippen molar-refractivity contribution in [3.63, 3.8) is 0 Å². The summed E-state index contributed by atoms with van der Waals surface area (Å²) < 4.78 is 13.5. The number of carbonyl (C=O) groups excluding carboxylic acids is 2. The number of nitrogens with one attached hydrogen (secondary N) is 2. The quantitative estimate of drug-likeness (QED) is 0.911. The van der Waals surface area contributed by atoms with E-state index in [1.54, 1.807) is 12.3 Å². The number of hydrogen-bond acceptors (Lipinski definition) is 3. The van der Waals surface area contributed by atoms with E-state index in [0.29, 0.717) is 5.82 Å². The average Bonchev–Trinajstić information content (AvgIpc) is 2.40.